The van der Waals surface area contributed by atoms with Gasteiger partial charge < -0.3 is 10.0 Å². The largest absolute Gasteiger partial charge is 0.490 e. The van der Waals surface area contributed by atoms with Crippen LogP contribution in [0.15, 0.2) is 12.3 Å². The smallest absolute Gasteiger partial charge is 0.475 e. The maximum Gasteiger partial charge on any atom is 0.490 e. The van der Waals surface area contributed by atoms with Crippen LogP contribution in [0.2, 0.25) is 0 Å². The number of amides is 1. The second kappa shape index (κ2) is 8.31. The SMILES string of the molecule is Cc1n[nH]c(C)c1CCN(C)C(=O)c1ccn[nH]1.O=C(O)C(F)(F)F. The monoisotopic (exact) mass is 361 g/mol. The number of carbonyl (C=O) groups excluding carboxylic acids is 1. The summed E-state index contributed by atoms with van der Waals surface area (Å²) >= 11 is 0. The number of H-pyrrole nitrogens is 2. The number of carbonyl (C=O) groups is 2. The number of rotatable bonds is 4. The summed E-state index contributed by atoms with van der Waals surface area (Å²) in [6.45, 7) is 4.61. The number of hydrogen-bond donors (Lipinski definition) is 3. The molecule has 2 heterocycles. The standard InChI is InChI=1S/C12H17N5O.C2HF3O2/c1-8-10(9(2)15-14-8)5-7-17(3)12(18)11-4-6-13-16-11;3-2(4,5)1(6)7/h4,6H,5,7H2,1-3H3,(H,13,16)(H,14,15);(H,6,7). The summed E-state index contributed by atoms with van der Waals surface area (Å²) < 4.78 is 31.7. The van der Waals surface area contributed by atoms with Gasteiger partial charge >= 0.3 is 12.1 Å². The Hall–Kier alpha value is -2.85. The molecular formula is C14H18F3N5O3. The highest BCUT2D eigenvalue weighted by Gasteiger charge is 2.38. The van der Waals surface area contributed by atoms with Gasteiger partial charge in [0, 0.05) is 25.5 Å². The van der Waals surface area contributed by atoms with Crippen molar-refractivity contribution < 1.29 is 27.9 Å². The number of likely N-dealkylation sites (N-methyl/N-ethyl adjacent to an activating group) is 1. The molecule has 8 nitrogen and oxygen atoms in total. The summed E-state index contributed by atoms with van der Waals surface area (Å²) in [5.74, 6) is -2.81. The molecule has 0 atom stereocenters. The van der Waals surface area contributed by atoms with Crippen molar-refractivity contribution in [3.63, 3.8) is 0 Å². The Bertz CT molecular complexity index is 690. The number of aromatic nitrogens is 4. The number of nitrogens with one attached hydrogen (secondary N) is 2. The zero-order valence-corrected chi connectivity index (χ0v) is 13.8. The van der Waals surface area contributed by atoms with Crippen molar-refractivity contribution in [2.45, 2.75) is 26.4 Å². The molecule has 1 amide bonds. The van der Waals surface area contributed by atoms with Crippen LogP contribution in [0.25, 0.3) is 0 Å². The number of halogens is 3. The Morgan fingerprint density at radius 1 is 1.28 bits per heavy atom. The Morgan fingerprint density at radius 3 is 2.28 bits per heavy atom. The molecule has 138 valence electrons. The van der Waals surface area contributed by atoms with Crippen LogP contribution >= 0.6 is 0 Å². The fourth-order valence-corrected chi connectivity index (χ4v) is 1.90. The predicted molar refractivity (Wildman–Crippen MR) is 81.0 cm³/mol. The van der Waals surface area contributed by atoms with Crippen LogP contribution in [0.1, 0.15) is 27.4 Å². The first kappa shape index (κ1) is 20.2. The van der Waals surface area contributed by atoms with Crippen molar-refractivity contribution in [1.82, 2.24) is 25.3 Å². The van der Waals surface area contributed by atoms with Crippen LogP contribution in [0.5, 0.6) is 0 Å². The maximum atomic E-state index is 12.0. The Labute approximate surface area is 141 Å². The highest BCUT2D eigenvalue weighted by atomic mass is 19.4. The van der Waals surface area contributed by atoms with E-state index >= 15 is 0 Å². The molecular weight excluding hydrogens is 343 g/mol. The molecule has 0 aromatic carbocycles. The van der Waals surface area contributed by atoms with E-state index < -0.39 is 12.1 Å². The van der Waals surface area contributed by atoms with E-state index in [0.29, 0.717) is 12.2 Å². The molecule has 0 bridgehead atoms. The Balaban J connectivity index is 0.000000381. The van der Waals surface area contributed by atoms with Crippen molar-refractivity contribution in [2.24, 2.45) is 0 Å². The van der Waals surface area contributed by atoms with Gasteiger partial charge in [-0.25, -0.2) is 4.79 Å². The summed E-state index contributed by atoms with van der Waals surface area (Å²) in [6.07, 6.45) is -2.71. The summed E-state index contributed by atoms with van der Waals surface area (Å²) in [7, 11) is 1.79. The fraction of sp³-hybridized carbons (Fsp3) is 0.429. The highest BCUT2D eigenvalue weighted by molar-refractivity contribution is 5.91. The summed E-state index contributed by atoms with van der Waals surface area (Å²) in [5.41, 5.74) is 3.75. The van der Waals surface area contributed by atoms with Gasteiger partial charge in [0.15, 0.2) is 0 Å². The Kier molecular flexibility index (Phi) is 6.71. The molecule has 2 aromatic rings. The molecule has 3 N–H and O–H groups in total. The van der Waals surface area contributed by atoms with Gasteiger partial charge in [-0.2, -0.15) is 23.4 Å². The third-order valence-corrected chi connectivity index (χ3v) is 3.30. The number of aromatic amines is 2. The third-order valence-electron chi connectivity index (χ3n) is 3.30. The van der Waals surface area contributed by atoms with Crippen molar-refractivity contribution in [3.8, 4) is 0 Å². The average Bonchev–Trinajstić information content (AvgIpc) is 3.15. The molecule has 0 saturated carbocycles. The van der Waals surface area contributed by atoms with E-state index in [-0.39, 0.29) is 5.91 Å². The molecule has 25 heavy (non-hydrogen) atoms. The fourth-order valence-electron chi connectivity index (χ4n) is 1.90. The van der Waals surface area contributed by atoms with E-state index in [9.17, 15) is 18.0 Å². The first-order chi connectivity index (χ1) is 11.5. The van der Waals surface area contributed by atoms with Gasteiger partial charge in [-0.1, -0.05) is 0 Å². The van der Waals surface area contributed by atoms with E-state index in [1.54, 1.807) is 24.2 Å². The highest BCUT2D eigenvalue weighted by Crippen LogP contribution is 2.13. The number of carboxylic acids is 1. The van der Waals surface area contributed by atoms with Crippen LogP contribution in [0.3, 0.4) is 0 Å². The number of nitrogens with zero attached hydrogens (tertiary/aromatic N) is 3. The quantitative estimate of drug-likeness (QED) is 0.767. The van der Waals surface area contributed by atoms with Gasteiger partial charge in [-0.15, -0.1) is 0 Å². The predicted octanol–water partition coefficient (Wildman–Crippen LogP) is 1.70. The minimum absolute atomic E-state index is 0.0497. The summed E-state index contributed by atoms with van der Waals surface area (Å²) in [5, 5.41) is 20.7. The van der Waals surface area contributed by atoms with Crippen LogP contribution in [-0.2, 0) is 11.2 Å². The third kappa shape index (κ3) is 5.94. The lowest BCUT2D eigenvalue weighted by Gasteiger charge is -2.16. The van der Waals surface area contributed by atoms with Crippen LogP contribution in [0.4, 0.5) is 13.2 Å². The van der Waals surface area contributed by atoms with E-state index in [2.05, 4.69) is 20.4 Å². The van der Waals surface area contributed by atoms with Gasteiger partial charge in [0.2, 0.25) is 0 Å². The van der Waals surface area contributed by atoms with E-state index in [1.165, 1.54) is 5.56 Å². The Morgan fingerprint density at radius 2 is 1.88 bits per heavy atom. The van der Waals surface area contributed by atoms with Crippen molar-refractivity contribution in [1.29, 1.82) is 0 Å². The number of carboxylic acid groups (broad SMARTS) is 1. The first-order valence-corrected chi connectivity index (χ1v) is 7.09. The number of hydrogen-bond acceptors (Lipinski definition) is 4. The minimum Gasteiger partial charge on any atom is -0.475 e. The normalized spacial score (nSPS) is 10.8. The average molecular weight is 361 g/mol. The summed E-state index contributed by atoms with van der Waals surface area (Å²) in [4.78, 5) is 22.5. The lowest BCUT2D eigenvalue weighted by Crippen LogP contribution is -2.29. The molecule has 2 rings (SSSR count). The molecule has 0 fully saturated rings. The van der Waals surface area contributed by atoms with Crippen LogP contribution in [-0.4, -0.2) is 62.0 Å². The van der Waals surface area contributed by atoms with E-state index in [4.69, 9.17) is 9.90 Å². The van der Waals surface area contributed by atoms with Gasteiger partial charge in [0.25, 0.3) is 5.91 Å². The lowest BCUT2D eigenvalue weighted by molar-refractivity contribution is -0.192. The molecule has 0 aliphatic carbocycles. The van der Waals surface area contributed by atoms with Crippen molar-refractivity contribution in [2.75, 3.05) is 13.6 Å². The molecule has 0 spiro atoms. The minimum atomic E-state index is -5.08. The molecule has 0 radical (unpaired) electrons. The molecule has 0 aliphatic heterocycles. The second-order valence-corrected chi connectivity index (χ2v) is 5.16. The molecule has 11 heteroatoms. The van der Waals surface area contributed by atoms with Crippen molar-refractivity contribution >= 4 is 11.9 Å². The number of aliphatic carboxylic acids is 1. The summed E-state index contributed by atoms with van der Waals surface area (Å²) in [6, 6.07) is 1.67. The van der Waals surface area contributed by atoms with Gasteiger partial charge in [0.05, 0.1) is 5.69 Å². The number of alkyl halides is 3. The van der Waals surface area contributed by atoms with Crippen molar-refractivity contribution in [3.05, 3.63) is 34.9 Å². The zero-order valence-electron chi connectivity index (χ0n) is 13.8. The van der Waals surface area contributed by atoms with Gasteiger partial charge in [-0.3, -0.25) is 15.0 Å². The first-order valence-electron chi connectivity index (χ1n) is 7.09. The van der Waals surface area contributed by atoms with E-state index in [1.807, 2.05) is 13.8 Å². The van der Waals surface area contributed by atoms with Crippen LogP contribution in [0, 0.1) is 13.8 Å². The molecule has 0 saturated heterocycles. The molecule has 0 aliphatic rings. The topological polar surface area (TPSA) is 115 Å². The van der Waals surface area contributed by atoms with Gasteiger partial charge in [-0.05, 0) is 31.9 Å². The zero-order chi connectivity index (χ0) is 19.2. The van der Waals surface area contributed by atoms with Crippen LogP contribution < -0.4 is 0 Å². The van der Waals surface area contributed by atoms with E-state index in [0.717, 1.165) is 17.8 Å². The molecule has 0 unspecified atom stereocenters. The molecule has 2 aromatic heterocycles. The van der Waals surface area contributed by atoms with Gasteiger partial charge in [0.1, 0.15) is 5.69 Å². The number of aryl methyl sites for hydroxylation is 2. The maximum absolute atomic E-state index is 12.0. The lowest BCUT2D eigenvalue weighted by atomic mass is 10.1. The second-order valence-electron chi connectivity index (χ2n) is 5.16.